The van der Waals surface area contributed by atoms with Crippen molar-refractivity contribution in [1.82, 2.24) is 10.2 Å². The summed E-state index contributed by atoms with van der Waals surface area (Å²) in [4.78, 5) is 2.26. The van der Waals surface area contributed by atoms with Gasteiger partial charge in [-0.3, -0.25) is 4.90 Å². The van der Waals surface area contributed by atoms with Crippen LogP contribution in [-0.4, -0.2) is 31.1 Å². The summed E-state index contributed by atoms with van der Waals surface area (Å²) < 4.78 is 27.5. The third kappa shape index (κ3) is 2.79. The minimum absolute atomic E-state index is 0.0388. The Balaban J connectivity index is 2.37. The number of likely N-dealkylation sites (tertiary alicyclic amines) is 1. The molecule has 0 aliphatic carbocycles. The van der Waals surface area contributed by atoms with Crippen LogP contribution in [0, 0.1) is 17.6 Å². The zero-order chi connectivity index (χ0) is 14.0. The molecule has 0 spiro atoms. The van der Waals surface area contributed by atoms with Gasteiger partial charge >= 0.3 is 0 Å². The highest BCUT2D eigenvalue weighted by Gasteiger charge is 2.37. The lowest BCUT2D eigenvalue weighted by molar-refractivity contribution is 0.178. The SMILES string of the molecule is CNCC1CCN(C(C)C)C1c1cccc(F)c1F. The lowest BCUT2D eigenvalue weighted by atomic mass is 9.92. The molecular weight excluding hydrogens is 246 g/mol. The maximum atomic E-state index is 14.1. The number of hydrogen-bond donors (Lipinski definition) is 1. The van der Waals surface area contributed by atoms with E-state index >= 15 is 0 Å². The van der Waals surface area contributed by atoms with Crippen LogP contribution in [0.25, 0.3) is 0 Å². The van der Waals surface area contributed by atoms with Crippen LogP contribution in [0.3, 0.4) is 0 Å². The highest BCUT2D eigenvalue weighted by Crippen LogP contribution is 2.39. The Morgan fingerprint density at radius 1 is 1.37 bits per heavy atom. The molecule has 0 aromatic heterocycles. The molecule has 1 aromatic rings. The van der Waals surface area contributed by atoms with Gasteiger partial charge in [0.2, 0.25) is 0 Å². The zero-order valence-electron chi connectivity index (χ0n) is 11.8. The van der Waals surface area contributed by atoms with E-state index in [1.54, 1.807) is 12.1 Å². The maximum Gasteiger partial charge on any atom is 0.163 e. The van der Waals surface area contributed by atoms with Crippen molar-refractivity contribution >= 4 is 0 Å². The molecule has 1 aromatic carbocycles. The van der Waals surface area contributed by atoms with Crippen molar-refractivity contribution < 1.29 is 8.78 Å². The molecule has 0 amide bonds. The minimum Gasteiger partial charge on any atom is -0.319 e. The topological polar surface area (TPSA) is 15.3 Å². The number of nitrogens with one attached hydrogen (secondary N) is 1. The number of nitrogens with zero attached hydrogens (tertiary/aromatic N) is 1. The second-order valence-electron chi connectivity index (χ2n) is 5.53. The highest BCUT2D eigenvalue weighted by atomic mass is 19.2. The van der Waals surface area contributed by atoms with E-state index in [1.807, 2.05) is 7.05 Å². The third-order valence-electron chi connectivity index (χ3n) is 3.99. The van der Waals surface area contributed by atoms with Crippen LogP contribution in [0.1, 0.15) is 31.9 Å². The van der Waals surface area contributed by atoms with Crippen molar-refractivity contribution in [3.63, 3.8) is 0 Å². The van der Waals surface area contributed by atoms with Gasteiger partial charge in [0.15, 0.2) is 11.6 Å². The molecule has 1 aliphatic heterocycles. The average molecular weight is 268 g/mol. The molecule has 2 unspecified atom stereocenters. The molecule has 1 heterocycles. The van der Waals surface area contributed by atoms with Gasteiger partial charge in [0, 0.05) is 17.6 Å². The van der Waals surface area contributed by atoms with Crippen molar-refractivity contribution in [3.8, 4) is 0 Å². The summed E-state index contributed by atoms with van der Waals surface area (Å²) in [5.41, 5.74) is 0.492. The van der Waals surface area contributed by atoms with E-state index in [9.17, 15) is 8.78 Å². The minimum atomic E-state index is -0.753. The summed E-state index contributed by atoms with van der Waals surface area (Å²) in [6.45, 7) is 5.96. The maximum absolute atomic E-state index is 14.1. The Labute approximate surface area is 113 Å². The van der Waals surface area contributed by atoms with Crippen LogP contribution in [0.5, 0.6) is 0 Å². The summed E-state index contributed by atoms with van der Waals surface area (Å²) in [6.07, 6.45) is 1.01. The van der Waals surface area contributed by atoms with E-state index in [2.05, 4.69) is 24.1 Å². The highest BCUT2D eigenvalue weighted by molar-refractivity contribution is 5.25. The van der Waals surface area contributed by atoms with Crippen molar-refractivity contribution in [2.45, 2.75) is 32.4 Å². The average Bonchev–Trinajstić information content (AvgIpc) is 2.77. The smallest absolute Gasteiger partial charge is 0.163 e. The Hall–Kier alpha value is -1.00. The fourth-order valence-electron chi connectivity index (χ4n) is 3.12. The standard InChI is InChI=1S/C15H22F2N2/c1-10(2)19-8-7-11(9-18-3)15(19)12-5-4-6-13(16)14(12)17/h4-6,10-11,15,18H,7-9H2,1-3H3. The second kappa shape index (κ2) is 5.97. The molecule has 106 valence electrons. The first kappa shape index (κ1) is 14.4. The molecule has 0 bridgehead atoms. The van der Waals surface area contributed by atoms with E-state index in [1.165, 1.54) is 6.07 Å². The van der Waals surface area contributed by atoms with Crippen molar-refractivity contribution in [1.29, 1.82) is 0 Å². The molecule has 2 nitrogen and oxygen atoms in total. The van der Waals surface area contributed by atoms with Gasteiger partial charge < -0.3 is 5.32 Å². The normalized spacial score (nSPS) is 24.3. The number of hydrogen-bond acceptors (Lipinski definition) is 2. The van der Waals surface area contributed by atoms with Gasteiger partial charge in [-0.15, -0.1) is 0 Å². The Morgan fingerprint density at radius 2 is 2.11 bits per heavy atom. The van der Waals surface area contributed by atoms with Crippen molar-refractivity contribution in [2.75, 3.05) is 20.1 Å². The van der Waals surface area contributed by atoms with Crippen LogP contribution in [0.4, 0.5) is 8.78 Å². The molecule has 1 saturated heterocycles. The number of rotatable bonds is 4. The van der Waals surface area contributed by atoms with Gasteiger partial charge in [-0.05, 0) is 52.4 Å². The Kier molecular flexibility index (Phi) is 4.53. The summed E-state index contributed by atoms with van der Waals surface area (Å²) in [5.74, 6) is -1.12. The molecule has 0 radical (unpaired) electrons. The summed E-state index contributed by atoms with van der Waals surface area (Å²) in [5, 5.41) is 3.16. The van der Waals surface area contributed by atoms with E-state index in [0.717, 1.165) is 19.5 Å². The van der Waals surface area contributed by atoms with Crippen LogP contribution >= 0.6 is 0 Å². The zero-order valence-corrected chi connectivity index (χ0v) is 11.8. The Bertz CT molecular complexity index is 434. The first-order valence-electron chi connectivity index (χ1n) is 6.90. The quantitative estimate of drug-likeness (QED) is 0.903. The van der Waals surface area contributed by atoms with E-state index in [0.29, 0.717) is 17.5 Å². The molecule has 1 fully saturated rings. The van der Waals surface area contributed by atoms with E-state index in [4.69, 9.17) is 0 Å². The lowest BCUT2D eigenvalue weighted by Gasteiger charge is -2.32. The molecule has 19 heavy (non-hydrogen) atoms. The van der Waals surface area contributed by atoms with E-state index in [-0.39, 0.29) is 6.04 Å². The van der Waals surface area contributed by atoms with Gasteiger partial charge in [0.25, 0.3) is 0 Å². The third-order valence-corrected chi connectivity index (χ3v) is 3.99. The lowest BCUT2D eigenvalue weighted by Crippen LogP contribution is -2.34. The molecular formula is C15H22F2N2. The van der Waals surface area contributed by atoms with Crippen molar-refractivity contribution in [3.05, 3.63) is 35.4 Å². The fourth-order valence-corrected chi connectivity index (χ4v) is 3.12. The van der Waals surface area contributed by atoms with Crippen LogP contribution in [0.15, 0.2) is 18.2 Å². The van der Waals surface area contributed by atoms with Crippen LogP contribution < -0.4 is 5.32 Å². The van der Waals surface area contributed by atoms with Crippen LogP contribution in [0.2, 0.25) is 0 Å². The molecule has 1 N–H and O–H groups in total. The van der Waals surface area contributed by atoms with Gasteiger partial charge in [0.05, 0.1) is 0 Å². The summed E-state index contributed by atoms with van der Waals surface area (Å²) >= 11 is 0. The molecule has 4 heteroatoms. The second-order valence-corrected chi connectivity index (χ2v) is 5.53. The largest absolute Gasteiger partial charge is 0.319 e. The van der Waals surface area contributed by atoms with Gasteiger partial charge in [-0.1, -0.05) is 12.1 Å². The van der Waals surface area contributed by atoms with E-state index < -0.39 is 11.6 Å². The van der Waals surface area contributed by atoms with Crippen LogP contribution in [-0.2, 0) is 0 Å². The number of halogens is 2. The van der Waals surface area contributed by atoms with Gasteiger partial charge in [-0.2, -0.15) is 0 Å². The Morgan fingerprint density at radius 3 is 2.74 bits per heavy atom. The van der Waals surface area contributed by atoms with Gasteiger partial charge in [-0.25, -0.2) is 8.78 Å². The first-order chi connectivity index (χ1) is 9.06. The molecule has 0 saturated carbocycles. The molecule has 2 rings (SSSR count). The first-order valence-corrected chi connectivity index (χ1v) is 6.90. The predicted octanol–water partition coefficient (Wildman–Crippen LogP) is 2.96. The number of benzene rings is 1. The molecule has 1 aliphatic rings. The summed E-state index contributed by atoms with van der Waals surface area (Å²) in [6, 6.07) is 4.78. The monoisotopic (exact) mass is 268 g/mol. The summed E-state index contributed by atoms with van der Waals surface area (Å²) in [7, 11) is 1.90. The fraction of sp³-hybridized carbons (Fsp3) is 0.600. The predicted molar refractivity (Wildman–Crippen MR) is 73.0 cm³/mol. The van der Waals surface area contributed by atoms with Gasteiger partial charge in [0.1, 0.15) is 0 Å². The van der Waals surface area contributed by atoms with Crippen molar-refractivity contribution in [2.24, 2.45) is 5.92 Å². The molecule has 2 atom stereocenters.